The van der Waals surface area contributed by atoms with E-state index in [2.05, 4.69) is 53.2 Å². The third-order valence-corrected chi connectivity index (χ3v) is 9.31. The number of hydrogen-bond acceptors (Lipinski definition) is 6. The number of ether oxygens (including phenoxy) is 6. The molecular weight excluding hydrogens is 596 g/mol. The first-order valence-electron chi connectivity index (χ1n) is 13.9. The maximum Gasteiger partial charge on any atom is 0.137 e. The molecule has 0 aromatic heterocycles. The second kappa shape index (κ2) is 12.6. The Morgan fingerprint density at radius 3 is 1.76 bits per heavy atom. The molecule has 4 aromatic carbocycles. The van der Waals surface area contributed by atoms with Crippen molar-refractivity contribution in [3.63, 3.8) is 0 Å². The maximum absolute atomic E-state index is 6.07. The van der Waals surface area contributed by atoms with Gasteiger partial charge in [0.25, 0.3) is 0 Å². The minimum absolute atomic E-state index is 0.0139. The fourth-order valence-corrected chi connectivity index (χ4v) is 6.95. The molecule has 0 bridgehead atoms. The predicted octanol–water partition coefficient (Wildman–Crippen LogP) is 8.12. The van der Waals surface area contributed by atoms with Crippen LogP contribution in [0, 0.1) is 0 Å². The van der Waals surface area contributed by atoms with Crippen LogP contribution < -0.4 is 28.4 Å². The molecule has 1 aliphatic rings. The summed E-state index contributed by atoms with van der Waals surface area (Å²) < 4.78 is 35.6. The summed E-state index contributed by atoms with van der Waals surface area (Å²) in [5, 5.41) is 0. The van der Waals surface area contributed by atoms with Crippen LogP contribution in [-0.2, 0) is 6.42 Å². The SMILES string of the molecule is COc1ccc(C2Cc3c(Br)c(OC)cc(OC)c3C2c2cc(OC)cc(OC)c2[C@H](C)c2ccc(OC)cc2)cc1. The highest BCUT2D eigenvalue weighted by molar-refractivity contribution is 9.10. The van der Waals surface area contributed by atoms with Crippen LogP contribution in [-0.4, -0.2) is 42.7 Å². The molecular formula is C35H37BrO6. The Kier molecular flexibility index (Phi) is 8.88. The van der Waals surface area contributed by atoms with Gasteiger partial charge in [-0.3, -0.25) is 0 Å². The molecule has 0 N–H and O–H groups in total. The maximum atomic E-state index is 6.07. The molecule has 0 spiro atoms. The zero-order valence-electron chi connectivity index (χ0n) is 25.1. The Labute approximate surface area is 256 Å². The van der Waals surface area contributed by atoms with Crippen molar-refractivity contribution in [2.45, 2.75) is 31.1 Å². The zero-order valence-corrected chi connectivity index (χ0v) is 26.7. The molecule has 0 amide bonds. The normalized spacial score (nSPS) is 16.4. The van der Waals surface area contributed by atoms with Crippen LogP contribution in [0.15, 0.2) is 71.2 Å². The van der Waals surface area contributed by atoms with Gasteiger partial charge in [-0.05, 0) is 80.9 Å². The van der Waals surface area contributed by atoms with Crippen molar-refractivity contribution in [1.82, 2.24) is 0 Å². The van der Waals surface area contributed by atoms with Gasteiger partial charge in [0.05, 0.1) is 47.1 Å². The molecule has 0 fully saturated rings. The molecule has 6 nitrogen and oxygen atoms in total. The van der Waals surface area contributed by atoms with Crippen molar-refractivity contribution in [3.05, 3.63) is 105 Å². The minimum Gasteiger partial charge on any atom is -0.497 e. The summed E-state index contributed by atoms with van der Waals surface area (Å²) in [6, 6.07) is 22.7. The molecule has 3 atom stereocenters. The Morgan fingerprint density at radius 1 is 0.643 bits per heavy atom. The fourth-order valence-electron chi connectivity index (χ4n) is 6.29. The number of halogens is 1. The van der Waals surface area contributed by atoms with Gasteiger partial charge in [-0.25, -0.2) is 0 Å². The van der Waals surface area contributed by atoms with Gasteiger partial charge < -0.3 is 28.4 Å². The highest BCUT2D eigenvalue weighted by Crippen LogP contribution is 2.57. The molecule has 4 aromatic rings. The summed E-state index contributed by atoms with van der Waals surface area (Å²) in [5.74, 6) is 4.74. The second-order valence-corrected chi connectivity index (χ2v) is 11.2. The van der Waals surface area contributed by atoms with Gasteiger partial charge >= 0.3 is 0 Å². The molecule has 7 heteroatoms. The van der Waals surface area contributed by atoms with Crippen molar-refractivity contribution < 1.29 is 28.4 Å². The molecule has 0 saturated heterocycles. The molecule has 42 heavy (non-hydrogen) atoms. The van der Waals surface area contributed by atoms with Crippen molar-refractivity contribution >= 4 is 15.9 Å². The van der Waals surface area contributed by atoms with Gasteiger partial charge in [0.2, 0.25) is 0 Å². The van der Waals surface area contributed by atoms with Crippen molar-refractivity contribution in [2.75, 3.05) is 42.7 Å². The number of hydrogen-bond donors (Lipinski definition) is 0. The van der Waals surface area contributed by atoms with E-state index in [1.165, 1.54) is 11.1 Å². The summed E-state index contributed by atoms with van der Waals surface area (Å²) in [5.41, 5.74) is 6.89. The summed E-state index contributed by atoms with van der Waals surface area (Å²) >= 11 is 3.87. The average Bonchev–Trinajstić information content (AvgIpc) is 3.45. The second-order valence-electron chi connectivity index (χ2n) is 10.4. The lowest BCUT2D eigenvalue weighted by Gasteiger charge is -2.29. The Hall–Kier alpha value is -3.84. The van der Waals surface area contributed by atoms with Crippen LogP contribution in [0.2, 0.25) is 0 Å². The summed E-state index contributed by atoms with van der Waals surface area (Å²) in [6.45, 7) is 2.22. The van der Waals surface area contributed by atoms with Crippen LogP contribution in [0.5, 0.6) is 34.5 Å². The lowest BCUT2D eigenvalue weighted by atomic mass is 9.76. The number of methoxy groups -OCH3 is 6. The molecule has 1 aliphatic carbocycles. The third-order valence-electron chi connectivity index (χ3n) is 8.44. The standard InChI is InChI=1S/C35H37BrO6/c1-20(21-8-12-23(37-2)13-9-21)32-27(16-25(39-4)17-29(32)40-5)33-26(22-10-14-24(38-3)15-11-22)18-28-34(33)30(41-6)19-31(42-7)35(28)36/h8-17,19-20,26,33H,18H2,1-7H3/t20-,26?,33?/m1/s1. The molecule has 0 saturated carbocycles. The van der Waals surface area contributed by atoms with Crippen molar-refractivity contribution in [2.24, 2.45) is 0 Å². The van der Waals surface area contributed by atoms with Crippen LogP contribution in [0.4, 0.5) is 0 Å². The van der Waals surface area contributed by atoms with E-state index in [0.717, 1.165) is 67.6 Å². The first-order chi connectivity index (χ1) is 20.4. The Balaban J connectivity index is 1.80. The van der Waals surface area contributed by atoms with Crippen LogP contribution in [0.3, 0.4) is 0 Å². The number of benzene rings is 4. The first kappa shape index (κ1) is 29.6. The van der Waals surface area contributed by atoms with Gasteiger partial charge in [-0.15, -0.1) is 0 Å². The Morgan fingerprint density at radius 2 is 1.21 bits per heavy atom. The zero-order chi connectivity index (χ0) is 30.0. The van der Waals surface area contributed by atoms with Gasteiger partial charge in [0, 0.05) is 35.1 Å². The lowest BCUT2D eigenvalue weighted by molar-refractivity contribution is 0.384. The van der Waals surface area contributed by atoms with Crippen molar-refractivity contribution in [1.29, 1.82) is 0 Å². The molecule has 220 valence electrons. The number of fused-ring (bicyclic) bond motifs is 1. The molecule has 0 radical (unpaired) electrons. The van der Waals surface area contributed by atoms with Crippen LogP contribution >= 0.6 is 15.9 Å². The van der Waals surface area contributed by atoms with E-state index in [4.69, 9.17) is 28.4 Å². The van der Waals surface area contributed by atoms with Crippen molar-refractivity contribution in [3.8, 4) is 34.5 Å². The monoisotopic (exact) mass is 632 g/mol. The van der Waals surface area contributed by atoms with Gasteiger partial charge in [-0.1, -0.05) is 31.2 Å². The summed E-state index contributed by atoms with van der Waals surface area (Å²) in [7, 11) is 10.2. The average molecular weight is 634 g/mol. The molecule has 2 unspecified atom stereocenters. The summed E-state index contributed by atoms with van der Waals surface area (Å²) in [4.78, 5) is 0. The highest BCUT2D eigenvalue weighted by Gasteiger charge is 2.41. The fraction of sp³-hybridized carbons (Fsp3) is 0.314. The largest absolute Gasteiger partial charge is 0.497 e. The van der Waals surface area contributed by atoms with Gasteiger partial charge in [-0.2, -0.15) is 0 Å². The van der Waals surface area contributed by atoms with E-state index in [1.54, 1.807) is 42.7 Å². The Bertz CT molecular complexity index is 1550. The van der Waals surface area contributed by atoms with E-state index < -0.39 is 0 Å². The van der Waals surface area contributed by atoms with Crippen LogP contribution in [0.25, 0.3) is 0 Å². The predicted molar refractivity (Wildman–Crippen MR) is 169 cm³/mol. The number of rotatable bonds is 10. The molecule has 5 rings (SSSR count). The minimum atomic E-state index is -0.0646. The van der Waals surface area contributed by atoms with Crippen LogP contribution in [0.1, 0.15) is 58.1 Å². The smallest absolute Gasteiger partial charge is 0.137 e. The highest BCUT2D eigenvalue weighted by atomic mass is 79.9. The van der Waals surface area contributed by atoms with E-state index >= 15 is 0 Å². The topological polar surface area (TPSA) is 55.4 Å². The summed E-state index contributed by atoms with van der Waals surface area (Å²) in [6.07, 6.45) is 0.788. The van der Waals surface area contributed by atoms with E-state index in [0.29, 0.717) is 0 Å². The third kappa shape index (κ3) is 5.26. The van der Waals surface area contributed by atoms with Gasteiger partial charge in [0.1, 0.15) is 34.5 Å². The van der Waals surface area contributed by atoms with E-state index in [-0.39, 0.29) is 17.8 Å². The van der Waals surface area contributed by atoms with E-state index in [1.807, 2.05) is 36.4 Å². The quantitative estimate of drug-likeness (QED) is 0.176. The molecule has 0 aliphatic heterocycles. The molecule has 0 heterocycles. The van der Waals surface area contributed by atoms with Gasteiger partial charge in [0.15, 0.2) is 0 Å². The first-order valence-corrected chi connectivity index (χ1v) is 14.6. The van der Waals surface area contributed by atoms with E-state index in [9.17, 15) is 0 Å². The lowest BCUT2D eigenvalue weighted by Crippen LogP contribution is -2.14.